The lowest BCUT2D eigenvalue weighted by Crippen LogP contribution is -2.51. The quantitative estimate of drug-likeness (QED) is 0.707. The summed E-state index contributed by atoms with van der Waals surface area (Å²) < 4.78 is 51.1. The SMILES string of the molecule is CCS(=O)(=O)c1ccc(S(=O)(=O)N2CCC(N3CCCC3C(N)=O)CC2)cc1. The second-order valence-corrected chi connectivity index (χ2v) is 11.5. The van der Waals surface area contributed by atoms with Gasteiger partial charge in [-0.15, -0.1) is 0 Å². The van der Waals surface area contributed by atoms with E-state index >= 15 is 0 Å². The van der Waals surface area contributed by atoms with Crippen molar-refractivity contribution < 1.29 is 21.6 Å². The topological polar surface area (TPSA) is 118 Å². The van der Waals surface area contributed by atoms with Crippen LogP contribution in [0.4, 0.5) is 0 Å². The van der Waals surface area contributed by atoms with Crippen molar-refractivity contribution in [1.29, 1.82) is 0 Å². The summed E-state index contributed by atoms with van der Waals surface area (Å²) in [6, 6.07) is 5.31. The standard InChI is InChI=1S/C18H27N3O5S2/c1-2-27(23,24)15-5-7-16(8-6-15)28(25,26)20-12-9-14(10-13-20)21-11-3-4-17(21)18(19)22/h5-8,14,17H,2-4,9-13H2,1H3,(H2,19,22). The molecule has 2 aliphatic heterocycles. The number of likely N-dealkylation sites (tertiary alicyclic amines) is 1. The number of hydrogen-bond acceptors (Lipinski definition) is 6. The van der Waals surface area contributed by atoms with E-state index in [4.69, 9.17) is 5.73 Å². The first-order valence-corrected chi connectivity index (χ1v) is 12.6. The first-order valence-electron chi connectivity index (χ1n) is 9.55. The Bertz CT molecular complexity index is 920. The number of benzene rings is 1. The molecule has 1 aromatic carbocycles. The minimum atomic E-state index is -3.68. The van der Waals surface area contributed by atoms with E-state index in [-0.39, 0.29) is 33.5 Å². The van der Waals surface area contributed by atoms with Crippen LogP contribution in [-0.2, 0) is 24.7 Å². The third-order valence-electron chi connectivity index (χ3n) is 5.72. The van der Waals surface area contributed by atoms with E-state index in [1.165, 1.54) is 28.6 Å². The molecule has 0 aliphatic carbocycles. The van der Waals surface area contributed by atoms with Crippen molar-refractivity contribution in [3.05, 3.63) is 24.3 Å². The molecular weight excluding hydrogens is 402 g/mol. The summed E-state index contributed by atoms with van der Waals surface area (Å²) in [6.07, 6.45) is 2.98. The Morgan fingerprint density at radius 1 is 1.00 bits per heavy atom. The van der Waals surface area contributed by atoms with Gasteiger partial charge in [-0.2, -0.15) is 4.31 Å². The zero-order chi connectivity index (χ0) is 20.5. The number of rotatable bonds is 6. The number of sulfonamides is 1. The van der Waals surface area contributed by atoms with Gasteiger partial charge in [-0.25, -0.2) is 16.8 Å². The van der Waals surface area contributed by atoms with E-state index in [0.717, 1.165) is 19.4 Å². The van der Waals surface area contributed by atoms with E-state index in [2.05, 4.69) is 4.90 Å². The summed E-state index contributed by atoms with van der Waals surface area (Å²) in [5.41, 5.74) is 5.49. The predicted octanol–water partition coefficient (Wildman–Crippen LogP) is 0.583. The molecule has 1 amide bonds. The van der Waals surface area contributed by atoms with E-state index in [9.17, 15) is 21.6 Å². The summed E-state index contributed by atoms with van der Waals surface area (Å²) in [6.45, 7) is 3.10. The molecule has 0 spiro atoms. The van der Waals surface area contributed by atoms with Crippen LogP contribution in [0.3, 0.4) is 0 Å². The van der Waals surface area contributed by atoms with Gasteiger partial charge in [0.25, 0.3) is 0 Å². The van der Waals surface area contributed by atoms with Crippen molar-refractivity contribution in [3.63, 3.8) is 0 Å². The summed E-state index contributed by atoms with van der Waals surface area (Å²) in [5, 5.41) is 0. The Hall–Kier alpha value is -1.49. The van der Waals surface area contributed by atoms with Crippen molar-refractivity contribution >= 4 is 25.8 Å². The average Bonchev–Trinajstić information content (AvgIpc) is 3.18. The van der Waals surface area contributed by atoms with Gasteiger partial charge < -0.3 is 5.73 Å². The zero-order valence-corrected chi connectivity index (χ0v) is 17.6. The van der Waals surface area contributed by atoms with Crippen LogP contribution in [0.25, 0.3) is 0 Å². The summed E-state index contributed by atoms with van der Waals surface area (Å²) in [7, 11) is -7.05. The Balaban J connectivity index is 1.69. The molecule has 0 saturated carbocycles. The van der Waals surface area contributed by atoms with E-state index < -0.39 is 19.9 Å². The molecule has 3 rings (SSSR count). The van der Waals surface area contributed by atoms with Crippen molar-refractivity contribution in [2.45, 2.75) is 54.5 Å². The number of hydrogen-bond donors (Lipinski definition) is 1. The highest BCUT2D eigenvalue weighted by molar-refractivity contribution is 7.91. The molecule has 2 N–H and O–H groups in total. The number of nitrogens with zero attached hydrogens (tertiary/aromatic N) is 2. The molecule has 0 bridgehead atoms. The average molecular weight is 430 g/mol. The maximum absolute atomic E-state index is 12.9. The fraction of sp³-hybridized carbons (Fsp3) is 0.611. The van der Waals surface area contributed by atoms with Gasteiger partial charge >= 0.3 is 0 Å². The number of carbonyl (C=O) groups excluding carboxylic acids is 1. The highest BCUT2D eigenvalue weighted by Crippen LogP contribution is 2.28. The smallest absolute Gasteiger partial charge is 0.243 e. The monoisotopic (exact) mass is 429 g/mol. The Morgan fingerprint density at radius 2 is 1.57 bits per heavy atom. The van der Waals surface area contributed by atoms with E-state index in [1.54, 1.807) is 6.92 Å². The number of carbonyl (C=O) groups is 1. The molecule has 8 nitrogen and oxygen atoms in total. The third kappa shape index (κ3) is 4.10. The number of primary amides is 1. The van der Waals surface area contributed by atoms with Gasteiger partial charge in [-0.05, 0) is 56.5 Å². The lowest BCUT2D eigenvalue weighted by molar-refractivity contribution is -0.123. The van der Waals surface area contributed by atoms with Crippen molar-refractivity contribution in [1.82, 2.24) is 9.21 Å². The first kappa shape index (κ1) is 21.2. The molecule has 0 radical (unpaired) electrons. The number of nitrogens with two attached hydrogens (primary N) is 1. The number of amides is 1. The molecule has 1 aromatic rings. The summed E-state index contributed by atoms with van der Waals surface area (Å²) in [5.74, 6) is -0.343. The largest absolute Gasteiger partial charge is 0.368 e. The van der Waals surface area contributed by atoms with Gasteiger partial charge in [0.2, 0.25) is 15.9 Å². The minimum Gasteiger partial charge on any atom is -0.368 e. The first-order chi connectivity index (χ1) is 13.2. The molecule has 2 saturated heterocycles. The number of sulfone groups is 1. The zero-order valence-electron chi connectivity index (χ0n) is 16.0. The molecule has 1 atom stereocenters. The molecule has 1 unspecified atom stereocenters. The lowest BCUT2D eigenvalue weighted by atomic mass is 10.0. The summed E-state index contributed by atoms with van der Waals surface area (Å²) in [4.78, 5) is 14.0. The van der Waals surface area contributed by atoms with Gasteiger partial charge in [0.05, 0.1) is 21.6 Å². The van der Waals surface area contributed by atoms with Crippen LogP contribution in [0.2, 0.25) is 0 Å². The van der Waals surface area contributed by atoms with Gasteiger partial charge in [-0.3, -0.25) is 9.69 Å². The van der Waals surface area contributed by atoms with Crippen LogP contribution < -0.4 is 5.73 Å². The highest BCUT2D eigenvalue weighted by Gasteiger charge is 2.37. The molecule has 0 aromatic heterocycles. The second-order valence-electron chi connectivity index (χ2n) is 7.31. The lowest BCUT2D eigenvalue weighted by Gasteiger charge is -2.38. The van der Waals surface area contributed by atoms with Crippen LogP contribution in [0.1, 0.15) is 32.6 Å². The van der Waals surface area contributed by atoms with Gasteiger partial charge in [0.15, 0.2) is 9.84 Å². The van der Waals surface area contributed by atoms with Crippen LogP contribution in [0.15, 0.2) is 34.1 Å². The second kappa shape index (κ2) is 8.10. The van der Waals surface area contributed by atoms with Crippen molar-refractivity contribution in [3.8, 4) is 0 Å². The molecule has 28 heavy (non-hydrogen) atoms. The van der Waals surface area contributed by atoms with Gasteiger partial charge in [0.1, 0.15) is 0 Å². The molecule has 2 fully saturated rings. The molecule has 10 heteroatoms. The fourth-order valence-electron chi connectivity index (χ4n) is 4.08. The Morgan fingerprint density at radius 3 is 2.11 bits per heavy atom. The Kier molecular flexibility index (Phi) is 6.14. The van der Waals surface area contributed by atoms with Gasteiger partial charge in [-0.1, -0.05) is 6.92 Å². The molecule has 156 valence electrons. The maximum atomic E-state index is 12.9. The van der Waals surface area contributed by atoms with Crippen LogP contribution in [-0.4, -0.2) is 69.4 Å². The maximum Gasteiger partial charge on any atom is 0.243 e. The predicted molar refractivity (Wildman–Crippen MR) is 105 cm³/mol. The van der Waals surface area contributed by atoms with E-state index in [1.807, 2.05) is 0 Å². The fourth-order valence-corrected chi connectivity index (χ4v) is 6.43. The third-order valence-corrected chi connectivity index (χ3v) is 9.38. The molecule has 2 heterocycles. The minimum absolute atomic E-state index is 0.0323. The summed E-state index contributed by atoms with van der Waals surface area (Å²) >= 11 is 0. The number of piperidine rings is 1. The molecular formula is C18H27N3O5S2. The van der Waals surface area contributed by atoms with Crippen LogP contribution in [0.5, 0.6) is 0 Å². The van der Waals surface area contributed by atoms with E-state index in [0.29, 0.717) is 25.9 Å². The van der Waals surface area contributed by atoms with Crippen LogP contribution >= 0.6 is 0 Å². The van der Waals surface area contributed by atoms with Gasteiger partial charge in [0, 0.05) is 19.1 Å². The van der Waals surface area contributed by atoms with Crippen LogP contribution in [0, 0.1) is 0 Å². The highest BCUT2D eigenvalue weighted by atomic mass is 32.2. The van der Waals surface area contributed by atoms with Crippen molar-refractivity contribution in [2.24, 2.45) is 5.73 Å². The Labute approximate surface area is 166 Å². The normalized spacial score (nSPS) is 23.1. The van der Waals surface area contributed by atoms with Crippen molar-refractivity contribution in [2.75, 3.05) is 25.4 Å². The molecule has 2 aliphatic rings.